The van der Waals surface area contributed by atoms with Crippen LogP contribution in [0.5, 0.6) is 0 Å². The number of fused-ring (bicyclic) bond motifs is 3. The summed E-state index contributed by atoms with van der Waals surface area (Å²) >= 11 is 1.63. The summed E-state index contributed by atoms with van der Waals surface area (Å²) in [5, 5.41) is 16.4. The Labute approximate surface area is 191 Å². The van der Waals surface area contributed by atoms with E-state index < -0.39 is 5.91 Å². The molecule has 7 heteroatoms. The molecule has 1 fully saturated rings. The van der Waals surface area contributed by atoms with E-state index in [0.29, 0.717) is 17.7 Å². The van der Waals surface area contributed by atoms with Crippen molar-refractivity contribution in [1.82, 2.24) is 4.57 Å². The van der Waals surface area contributed by atoms with Crippen molar-refractivity contribution >= 4 is 38.9 Å². The van der Waals surface area contributed by atoms with Crippen LogP contribution in [0.15, 0.2) is 29.6 Å². The molecule has 3 aromatic rings. The van der Waals surface area contributed by atoms with E-state index in [0.717, 1.165) is 59.3 Å². The lowest BCUT2D eigenvalue weighted by molar-refractivity contribution is 0.0911. The monoisotopic (exact) mass is 451 g/mol. The van der Waals surface area contributed by atoms with Crippen LogP contribution < -0.4 is 11.1 Å². The summed E-state index contributed by atoms with van der Waals surface area (Å²) < 4.78 is 2.19. The zero-order chi connectivity index (χ0) is 22.6. The van der Waals surface area contributed by atoms with E-state index in [9.17, 15) is 14.7 Å². The number of Topliss-reactive ketones (excluding diaryl/α,β-unsaturated/α-hetero) is 1. The number of thiophene rings is 1. The molecule has 6 nitrogen and oxygen atoms in total. The van der Waals surface area contributed by atoms with E-state index in [-0.39, 0.29) is 23.3 Å². The second-order valence-corrected chi connectivity index (χ2v) is 10.9. The average Bonchev–Trinajstić information content (AvgIpc) is 3.28. The largest absolute Gasteiger partial charge is 0.393 e. The summed E-state index contributed by atoms with van der Waals surface area (Å²) in [4.78, 5) is 26.2. The van der Waals surface area contributed by atoms with Gasteiger partial charge in [-0.25, -0.2) is 0 Å². The van der Waals surface area contributed by atoms with Gasteiger partial charge in [0.05, 0.1) is 11.7 Å². The van der Waals surface area contributed by atoms with E-state index >= 15 is 0 Å². The maximum absolute atomic E-state index is 13.1. The lowest BCUT2D eigenvalue weighted by Crippen LogP contribution is -2.29. The Hall–Kier alpha value is -2.64. The SMILES string of the molecule is CC1(C)CC(=O)c2c(n(-c3ccc(C(N)=O)c(N[C@H]4CC[C@H](O)CC4)c3)c3sccc23)C1. The highest BCUT2D eigenvalue weighted by molar-refractivity contribution is 7.17. The number of aromatic nitrogens is 1. The van der Waals surface area contributed by atoms with Gasteiger partial charge in [0.15, 0.2) is 5.78 Å². The van der Waals surface area contributed by atoms with Crippen molar-refractivity contribution in [2.45, 2.75) is 64.5 Å². The number of carbonyl (C=O) groups excluding carboxylic acids is 2. The summed E-state index contributed by atoms with van der Waals surface area (Å²) in [6.45, 7) is 4.28. The Bertz CT molecular complexity index is 1210. The van der Waals surface area contributed by atoms with Gasteiger partial charge in [-0.15, -0.1) is 11.3 Å². The molecule has 2 heterocycles. The van der Waals surface area contributed by atoms with Crippen LogP contribution >= 0.6 is 11.3 Å². The Balaban J connectivity index is 1.62. The third-order valence-electron chi connectivity index (χ3n) is 6.82. The molecule has 0 bridgehead atoms. The average molecular weight is 452 g/mol. The van der Waals surface area contributed by atoms with E-state index in [1.54, 1.807) is 17.4 Å². The van der Waals surface area contributed by atoms with Crippen LogP contribution in [0.25, 0.3) is 15.9 Å². The molecule has 0 spiro atoms. The Morgan fingerprint density at radius 3 is 2.66 bits per heavy atom. The zero-order valence-electron chi connectivity index (χ0n) is 18.5. The molecule has 32 heavy (non-hydrogen) atoms. The number of anilines is 1. The van der Waals surface area contributed by atoms with Crippen molar-refractivity contribution in [2.75, 3.05) is 5.32 Å². The number of hydrogen-bond donors (Lipinski definition) is 3. The first-order chi connectivity index (χ1) is 15.2. The van der Waals surface area contributed by atoms with Crippen molar-refractivity contribution in [3.63, 3.8) is 0 Å². The molecule has 168 valence electrons. The fourth-order valence-corrected chi connectivity index (χ4v) is 6.24. The Morgan fingerprint density at radius 2 is 1.94 bits per heavy atom. The van der Waals surface area contributed by atoms with Gasteiger partial charge in [-0.2, -0.15) is 0 Å². The third kappa shape index (κ3) is 3.63. The van der Waals surface area contributed by atoms with Crippen LogP contribution in [0.1, 0.15) is 72.4 Å². The van der Waals surface area contributed by atoms with Crippen LogP contribution in [0.2, 0.25) is 0 Å². The van der Waals surface area contributed by atoms with Crippen molar-refractivity contribution in [1.29, 1.82) is 0 Å². The van der Waals surface area contributed by atoms with Crippen molar-refractivity contribution < 1.29 is 14.7 Å². The number of hydrogen-bond acceptors (Lipinski definition) is 5. The minimum absolute atomic E-state index is 0.0977. The second-order valence-electron chi connectivity index (χ2n) is 9.98. The number of nitrogens with one attached hydrogen (secondary N) is 1. The number of ketones is 1. The van der Waals surface area contributed by atoms with E-state index in [2.05, 4.69) is 23.7 Å². The molecular weight excluding hydrogens is 422 g/mol. The molecule has 0 radical (unpaired) electrons. The molecule has 2 aliphatic carbocycles. The molecule has 2 aromatic heterocycles. The summed E-state index contributed by atoms with van der Waals surface area (Å²) in [7, 11) is 0. The number of rotatable bonds is 4. The number of aliphatic hydroxyl groups is 1. The van der Waals surface area contributed by atoms with Crippen LogP contribution in [-0.4, -0.2) is 33.5 Å². The zero-order valence-corrected chi connectivity index (χ0v) is 19.3. The summed E-state index contributed by atoms with van der Waals surface area (Å²) in [6.07, 6.45) is 4.32. The lowest BCUT2D eigenvalue weighted by atomic mass is 9.76. The van der Waals surface area contributed by atoms with Gasteiger partial charge in [-0.1, -0.05) is 13.8 Å². The normalized spacial score (nSPS) is 22.7. The van der Waals surface area contributed by atoms with Gasteiger partial charge in [-0.3, -0.25) is 9.59 Å². The van der Waals surface area contributed by atoms with Gasteiger partial charge in [0.1, 0.15) is 4.83 Å². The van der Waals surface area contributed by atoms with Gasteiger partial charge in [0.25, 0.3) is 5.91 Å². The molecule has 1 amide bonds. The van der Waals surface area contributed by atoms with E-state index in [4.69, 9.17) is 5.73 Å². The second kappa shape index (κ2) is 7.74. The van der Waals surface area contributed by atoms with Crippen LogP contribution in [-0.2, 0) is 6.42 Å². The molecule has 2 aliphatic rings. The molecule has 1 aromatic carbocycles. The smallest absolute Gasteiger partial charge is 0.250 e. The van der Waals surface area contributed by atoms with E-state index in [1.807, 2.05) is 23.6 Å². The standard InChI is InChI=1S/C25H29N3O3S/c1-25(2)12-20-22(21(30)13-25)18-9-10-32-24(18)28(20)15-5-8-17(23(26)31)19(11-15)27-14-3-6-16(29)7-4-14/h5,8-11,14,16,27,29H,3-4,6-7,12-13H2,1-2H3,(H2,26,31)/t14-,16-. The fraction of sp³-hybridized carbons (Fsp3) is 0.440. The van der Waals surface area contributed by atoms with Crippen LogP contribution in [0, 0.1) is 5.41 Å². The van der Waals surface area contributed by atoms with Crippen molar-refractivity contribution in [3.8, 4) is 5.69 Å². The maximum Gasteiger partial charge on any atom is 0.250 e. The molecule has 0 atom stereocenters. The topological polar surface area (TPSA) is 97.4 Å². The highest BCUT2D eigenvalue weighted by Crippen LogP contribution is 2.43. The first-order valence-electron chi connectivity index (χ1n) is 11.3. The number of benzene rings is 1. The maximum atomic E-state index is 13.1. The minimum Gasteiger partial charge on any atom is -0.393 e. The number of primary amides is 1. The molecule has 0 unspecified atom stereocenters. The summed E-state index contributed by atoms with van der Waals surface area (Å²) in [6, 6.07) is 7.90. The van der Waals surface area contributed by atoms with E-state index in [1.165, 1.54) is 0 Å². The molecule has 0 saturated heterocycles. The predicted octanol–water partition coefficient (Wildman–Crippen LogP) is 4.66. The fourth-order valence-electron chi connectivity index (χ4n) is 5.29. The Morgan fingerprint density at radius 1 is 1.19 bits per heavy atom. The third-order valence-corrected chi connectivity index (χ3v) is 7.72. The molecule has 1 saturated carbocycles. The minimum atomic E-state index is -0.470. The summed E-state index contributed by atoms with van der Waals surface area (Å²) in [5.41, 5.74) is 9.57. The number of carbonyl (C=O) groups is 2. The van der Waals surface area contributed by atoms with Gasteiger partial charge >= 0.3 is 0 Å². The highest BCUT2D eigenvalue weighted by atomic mass is 32.1. The van der Waals surface area contributed by atoms with Crippen LogP contribution in [0.4, 0.5) is 5.69 Å². The molecule has 0 aliphatic heterocycles. The number of amides is 1. The number of nitrogens with zero attached hydrogens (tertiary/aromatic N) is 1. The molecular formula is C25H29N3O3S. The van der Waals surface area contributed by atoms with Crippen LogP contribution in [0.3, 0.4) is 0 Å². The first-order valence-corrected chi connectivity index (χ1v) is 12.1. The van der Waals surface area contributed by atoms with Gasteiger partial charge < -0.3 is 20.7 Å². The molecule has 4 N–H and O–H groups in total. The van der Waals surface area contributed by atoms with Crippen molar-refractivity contribution in [2.24, 2.45) is 11.1 Å². The van der Waals surface area contributed by atoms with Gasteiger partial charge in [-0.05, 0) is 67.2 Å². The highest BCUT2D eigenvalue weighted by Gasteiger charge is 2.36. The van der Waals surface area contributed by atoms with Gasteiger partial charge in [0, 0.05) is 40.5 Å². The van der Waals surface area contributed by atoms with Crippen molar-refractivity contribution in [3.05, 3.63) is 46.5 Å². The lowest BCUT2D eigenvalue weighted by Gasteiger charge is -2.30. The van der Waals surface area contributed by atoms with Gasteiger partial charge in [0.2, 0.25) is 0 Å². The number of nitrogens with two attached hydrogens (primary N) is 1. The quantitative estimate of drug-likeness (QED) is 0.537. The summed E-state index contributed by atoms with van der Waals surface area (Å²) in [5.74, 6) is -0.270. The Kier molecular flexibility index (Phi) is 5.13. The first kappa shape index (κ1) is 21.2. The number of aliphatic hydroxyl groups excluding tert-OH is 1. The predicted molar refractivity (Wildman–Crippen MR) is 128 cm³/mol. The molecule has 5 rings (SSSR count).